The number of ether oxygens (including phenoxy) is 1. The van der Waals surface area contributed by atoms with E-state index < -0.39 is 17.8 Å². The van der Waals surface area contributed by atoms with Gasteiger partial charge in [0.15, 0.2) is 0 Å². The van der Waals surface area contributed by atoms with Crippen LogP contribution < -0.4 is 4.90 Å². The number of carbonyl (C=O) groups is 3. The molecule has 0 N–H and O–H groups in total. The Morgan fingerprint density at radius 2 is 1.70 bits per heavy atom. The fourth-order valence-electron chi connectivity index (χ4n) is 3.89. The molecule has 8 nitrogen and oxygen atoms in total. The van der Waals surface area contributed by atoms with Crippen LogP contribution in [-0.2, 0) is 14.3 Å². The molecule has 1 saturated heterocycles. The molecule has 1 fully saturated rings. The molecule has 3 heterocycles. The number of methoxy groups -OCH3 is 1. The second-order valence-corrected chi connectivity index (χ2v) is 7.62. The first-order chi connectivity index (χ1) is 15.9. The van der Waals surface area contributed by atoms with Gasteiger partial charge in [-0.15, -0.1) is 0 Å². The lowest BCUT2D eigenvalue weighted by atomic mass is 10.1. The van der Waals surface area contributed by atoms with Crippen molar-refractivity contribution in [3.05, 3.63) is 83.3 Å². The van der Waals surface area contributed by atoms with Gasteiger partial charge < -0.3 is 9.30 Å². The highest BCUT2D eigenvalue weighted by Gasteiger charge is 2.42. The monoisotopic (exact) mass is 444 g/mol. The number of aromatic nitrogens is 2. The molecule has 0 atom stereocenters. The average molecular weight is 444 g/mol. The SMILES string of the molecule is COCCN1C(=O)/C(=C/c2cc(C)n(-c3ccccn3)c2C)C(=O)N(c2ccccc2)C1=O. The molecular weight excluding hydrogens is 420 g/mol. The molecule has 0 aliphatic carbocycles. The van der Waals surface area contributed by atoms with Crippen LogP contribution in [0.1, 0.15) is 17.0 Å². The average Bonchev–Trinajstić information content (AvgIpc) is 3.10. The molecule has 1 aliphatic heterocycles. The van der Waals surface area contributed by atoms with E-state index in [0.717, 1.165) is 27.0 Å². The second kappa shape index (κ2) is 9.22. The maximum Gasteiger partial charge on any atom is 0.338 e. The first-order valence-corrected chi connectivity index (χ1v) is 10.5. The highest BCUT2D eigenvalue weighted by Crippen LogP contribution is 2.28. The van der Waals surface area contributed by atoms with Crippen molar-refractivity contribution in [3.63, 3.8) is 0 Å². The molecule has 33 heavy (non-hydrogen) atoms. The van der Waals surface area contributed by atoms with Gasteiger partial charge in [-0.3, -0.25) is 14.5 Å². The lowest BCUT2D eigenvalue weighted by molar-refractivity contribution is -0.129. The van der Waals surface area contributed by atoms with E-state index in [1.807, 2.05) is 42.7 Å². The van der Waals surface area contributed by atoms with Crippen molar-refractivity contribution in [1.82, 2.24) is 14.5 Å². The van der Waals surface area contributed by atoms with E-state index >= 15 is 0 Å². The number of imide groups is 2. The summed E-state index contributed by atoms with van der Waals surface area (Å²) < 4.78 is 7.02. The number of anilines is 1. The molecule has 168 valence electrons. The lowest BCUT2D eigenvalue weighted by Crippen LogP contribution is -2.57. The summed E-state index contributed by atoms with van der Waals surface area (Å²) in [6.07, 6.45) is 3.26. The number of hydrogen-bond donors (Lipinski definition) is 0. The minimum absolute atomic E-state index is 0.0368. The van der Waals surface area contributed by atoms with E-state index in [-0.39, 0.29) is 18.7 Å². The third kappa shape index (κ3) is 4.08. The predicted molar refractivity (Wildman–Crippen MR) is 124 cm³/mol. The van der Waals surface area contributed by atoms with Crippen LogP contribution in [0.4, 0.5) is 10.5 Å². The number of pyridine rings is 1. The molecule has 1 aliphatic rings. The number of amides is 4. The zero-order chi connectivity index (χ0) is 23.5. The molecule has 8 heteroatoms. The van der Waals surface area contributed by atoms with E-state index in [9.17, 15) is 14.4 Å². The molecule has 0 unspecified atom stereocenters. The van der Waals surface area contributed by atoms with Crippen molar-refractivity contribution >= 4 is 29.6 Å². The molecular formula is C25H24N4O4. The Kier molecular flexibility index (Phi) is 6.19. The summed E-state index contributed by atoms with van der Waals surface area (Å²) in [6, 6.07) is 15.4. The summed E-state index contributed by atoms with van der Waals surface area (Å²) in [5.74, 6) is -0.564. The second-order valence-electron chi connectivity index (χ2n) is 7.62. The number of aryl methyl sites for hydroxylation is 1. The predicted octanol–water partition coefficient (Wildman–Crippen LogP) is 3.51. The van der Waals surface area contributed by atoms with Crippen molar-refractivity contribution in [3.8, 4) is 5.82 Å². The molecule has 0 bridgehead atoms. The normalized spacial score (nSPS) is 15.6. The van der Waals surface area contributed by atoms with Crippen molar-refractivity contribution in [2.45, 2.75) is 13.8 Å². The Labute approximate surface area is 191 Å². The van der Waals surface area contributed by atoms with Crippen molar-refractivity contribution in [1.29, 1.82) is 0 Å². The highest BCUT2D eigenvalue weighted by atomic mass is 16.5. The summed E-state index contributed by atoms with van der Waals surface area (Å²) in [5.41, 5.74) is 2.74. The van der Waals surface area contributed by atoms with E-state index in [1.165, 1.54) is 7.11 Å². The van der Waals surface area contributed by atoms with Crippen LogP contribution in [0.15, 0.2) is 66.4 Å². The fourth-order valence-corrected chi connectivity index (χ4v) is 3.89. The molecule has 2 aromatic heterocycles. The first-order valence-electron chi connectivity index (χ1n) is 10.5. The van der Waals surface area contributed by atoms with Gasteiger partial charge in [-0.1, -0.05) is 24.3 Å². The zero-order valence-electron chi connectivity index (χ0n) is 18.7. The Morgan fingerprint density at radius 1 is 0.970 bits per heavy atom. The Bertz CT molecular complexity index is 1230. The number of para-hydroxylation sites is 1. The van der Waals surface area contributed by atoms with Gasteiger partial charge in [-0.2, -0.15) is 0 Å². The molecule has 4 rings (SSSR count). The van der Waals surface area contributed by atoms with Crippen molar-refractivity contribution in [2.75, 3.05) is 25.2 Å². The first kappa shape index (κ1) is 22.2. The minimum Gasteiger partial charge on any atom is -0.383 e. The summed E-state index contributed by atoms with van der Waals surface area (Å²) in [4.78, 5) is 46.2. The van der Waals surface area contributed by atoms with Crippen LogP contribution in [0.5, 0.6) is 0 Å². The van der Waals surface area contributed by atoms with Crippen molar-refractivity contribution < 1.29 is 19.1 Å². The third-order valence-corrected chi connectivity index (χ3v) is 5.51. The van der Waals surface area contributed by atoms with Gasteiger partial charge in [0, 0.05) is 24.7 Å². The van der Waals surface area contributed by atoms with Crippen LogP contribution in [0.3, 0.4) is 0 Å². The van der Waals surface area contributed by atoms with Crippen LogP contribution in [0.2, 0.25) is 0 Å². The molecule has 0 saturated carbocycles. The molecule has 0 spiro atoms. The zero-order valence-corrected chi connectivity index (χ0v) is 18.7. The Hall–Kier alpha value is -4.04. The molecule has 4 amide bonds. The highest BCUT2D eigenvalue weighted by molar-refractivity contribution is 6.39. The van der Waals surface area contributed by atoms with Gasteiger partial charge in [0.1, 0.15) is 11.4 Å². The van der Waals surface area contributed by atoms with E-state index in [2.05, 4.69) is 4.98 Å². The smallest absolute Gasteiger partial charge is 0.338 e. The van der Waals surface area contributed by atoms with Crippen LogP contribution in [0.25, 0.3) is 11.9 Å². The largest absolute Gasteiger partial charge is 0.383 e. The molecule has 0 radical (unpaired) electrons. The standard InChI is InChI=1S/C25H24N4O4/c1-17-15-19(18(2)28(17)22-11-7-8-12-26-22)16-21-23(30)27(13-14-33-3)25(32)29(24(21)31)20-9-5-4-6-10-20/h4-12,15-16H,13-14H2,1-3H3/b21-16-. The van der Waals surface area contributed by atoms with Gasteiger partial charge in [0.2, 0.25) is 0 Å². The van der Waals surface area contributed by atoms with Gasteiger partial charge in [0.25, 0.3) is 11.8 Å². The van der Waals surface area contributed by atoms with Crippen LogP contribution in [-0.4, -0.2) is 52.6 Å². The maximum absolute atomic E-state index is 13.4. The quantitative estimate of drug-likeness (QED) is 0.429. The number of nitrogens with zero attached hydrogens (tertiary/aromatic N) is 4. The Balaban J connectivity index is 1.81. The Morgan fingerprint density at radius 3 is 2.36 bits per heavy atom. The summed E-state index contributed by atoms with van der Waals surface area (Å²) >= 11 is 0. The molecule has 3 aromatic rings. The topological polar surface area (TPSA) is 84.7 Å². The summed E-state index contributed by atoms with van der Waals surface area (Å²) in [7, 11) is 1.49. The van der Waals surface area contributed by atoms with Crippen LogP contribution >= 0.6 is 0 Å². The van der Waals surface area contributed by atoms with Gasteiger partial charge in [-0.25, -0.2) is 14.7 Å². The number of hydrogen-bond acceptors (Lipinski definition) is 5. The minimum atomic E-state index is -0.690. The number of carbonyl (C=O) groups excluding carboxylic acids is 3. The molecule has 1 aromatic carbocycles. The number of rotatable bonds is 6. The van der Waals surface area contributed by atoms with Gasteiger partial charge in [0.05, 0.1) is 18.8 Å². The lowest BCUT2D eigenvalue weighted by Gasteiger charge is -2.33. The van der Waals surface area contributed by atoms with Crippen molar-refractivity contribution in [2.24, 2.45) is 0 Å². The summed E-state index contributed by atoms with van der Waals surface area (Å²) in [6.45, 7) is 4.03. The van der Waals surface area contributed by atoms with Gasteiger partial charge in [-0.05, 0) is 55.8 Å². The number of barbiturate groups is 1. The number of urea groups is 1. The van der Waals surface area contributed by atoms with Crippen LogP contribution in [0, 0.1) is 13.8 Å². The fraction of sp³-hybridized carbons (Fsp3) is 0.200. The number of benzene rings is 1. The third-order valence-electron chi connectivity index (χ3n) is 5.51. The van der Waals surface area contributed by atoms with E-state index in [4.69, 9.17) is 4.74 Å². The summed E-state index contributed by atoms with van der Waals surface area (Å²) in [5, 5.41) is 0. The van der Waals surface area contributed by atoms with E-state index in [1.54, 1.807) is 42.6 Å². The maximum atomic E-state index is 13.4. The van der Waals surface area contributed by atoms with E-state index in [0.29, 0.717) is 11.3 Å². The van der Waals surface area contributed by atoms with Gasteiger partial charge >= 0.3 is 6.03 Å².